The maximum atomic E-state index is 13.7. The van der Waals surface area contributed by atoms with Gasteiger partial charge in [0.05, 0.1) is 28.0 Å². The largest absolute Gasteiger partial charge is 0.463 e. The highest BCUT2D eigenvalue weighted by Gasteiger charge is 2.36. The molecule has 2 aromatic carbocycles. The van der Waals surface area contributed by atoms with Gasteiger partial charge in [-0.05, 0) is 55.7 Å². The number of benzene rings is 2. The van der Waals surface area contributed by atoms with Gasteiger partial charge in [-0.25, -0.2) is 4.79 Å². The molecule has 5 rings (SSSR count). The van der Waals surface area contributed by atoms with Crippen molar-refractivity contribution in [2.24, 2.45) is 0 Å². The Kier molecular flexibility index (Phi) is 7.35. The standard InChI is InChI=1S/C28H25Cl2N3O4/c1-2-36-27(34)10-7-18-15-22(30)26(16-21(18)29)37-25-11-12-31-17-20(25)28(35)33-14-13-32(19-8-9-19)23-5-3-4-6-24(23)33/h3-7,10-12,15-17,19H,2,8-9,13-14H2,1H3/b10-7+. The number of para-hydroxylation sites is 2. The molecule has 0 unspecified atom stereocenters. The number of ether oxygens (including phenoxy) is 2. The Morgan fingerprint density at radius 1 is 1.05 bits per heavy atom. The lowest BCUT2D eigenvalue weighted by atomic mass is 10.1. The third kappa shape index (κ3) is 5.43. The number of esters is 1. The summed E-state index contributed by atoms with van der Waals surface area (Å²) in [5.41, 5.74) is 2.79. The van der Waals surface area contributed by atoms with Crippen molar-refractivity contribution in [3.05, 3.63) is 82.1 Å². The number of carbonyl (C=O) groups excluding carboxylic acids is 2. The average Bonchev–Trinajstić information content (AvgIpc) is 3.75. The maximum Gasteiger partial charge on any atom is 0.330 e. The minimum Gasteiger partial charge on any atom is -0.463 e. The van der Waals surface area contributed by atoms with Crippen LogP contribution >= 0.6 is 23.2 Å². The van der Waals surface area contributed by atoms with E-state index >= 15 is 0 Å². The molecule has 1 aliphatic carbocycles. The van der Waals surface area contributed by atoms with Crippen LogP contribution in [0.25, 0.3) is 6.08 Å². The minimum atomic E-state index is -0.477. The van der Waals surface area contributed by atoms with Gasteiger partial charge in [-0.1, -0.05) is 35.3 Å². The predicted molar refractivity (Wildman–Crippen MR) is 145 cm³/mol. The Morgan fingerprint density at radius 3 is 2.59 bits per heavy atom. The lowest BCUT2D eigenvalue weighted by Gasteiger charge is -2.38. The smallest absolute Gasteiger partial charge is 0.330 e. The van der Waals surface area contributed by atoms with Crippen molar-refractivity contribution in [3.8, 4) is 11.5 Å². The first-order valence-electron chi connectivity index (χ1n) is 12.1. The van der Waals surface area contributed by atoms with Crippen molar-refractivity contribution in [2.75, 3.05) is 29.5 Å². The van der Waals surface area contributed by atoms with Crippen LogP contribution in [0.15, 0.2) is 60.9 Å². The zero-order valence-corrected chi connectivity index (χ0v) is 21.7. The summed E-state index contributed by atoms with van der Waals surface area (Å²) in [6, 6.07) is 13.3. The molecule has 37 heavy (non-hydrogen) atoms. The molecule has 0 saturated heterocycles. The summed E-state index contributed by atoms with van der Waals surface area (Å²) in [5.74, 6) is -0.0919. The second kappa shape index (κ2) is 10.8. The number of anilines is 2. The zero-order valence-electron chi connectivity index (χ0n) is 20.2. The van der Waals surface area contributed by atoms with E-state index in [-0.39, 0.29) is 23.3 Å². The average molecular weight is 538 g/mol. The molecule has 3 aromatic rings. The summed E-state index contributed by atoms with van der Waals surface area (Å²) in [6.07, 6.45) is 8.22. The van der Waals surface area contributed by atoms with E-state index in [0.29, 0.717) is 34.5 Å². The number of hydrogen-bond donors (Lipinski definition) is 0. The van der Waals surface area contributed by atoms with Gasteiger partial charge >= 0.3 is 5.97 Å². The highest BCUT2D eigenvalue weighted by atomic mass is 35.5. The first kappa shape index (κ1) is 25.1. The SMILES string of the molecule is CCOC(=O)/C=C/c1cc(Cl)c(Oc2ccncc2C(=O)N2CCN(C3CC3)c3ccccc32)cc1Cl. The summed E-state index contributed by atoms with van der Waals surface area (Å²) in [4.78, 5) is 33.7. The number of rotatable bonds is 7. The fourth-order valence-electron chi connectivity index (χ4n) is 4.35. The van der Waals surface area contributed by atoms with Crippen LogP contribution in [0.5, 0.6) is 11.5 Å². The molecular formula is C28H25Cl2N3O4. The predicted octanol–water partition coefficient (Wildman–Crippen LogP) is 6.39. The Labute approximate surface area is 225 Å². The van der Waals surface area contributed by atoms with Crippen LogP contribution in [-0.2, 0) is 9.53 Å². The number of carbonyl (C=O) groups is 2. The molecule has 0 spiro atoms. The zero-order chi connectivity index (χ0) is 25.9. The fourth-order valence-corrected chi connectivity index (χ4v) is 4.78. The van der Waals surface area contributed by atoms with Crippen molar-refractivity contribution in [1.29, 1.82) is 0 Å². The van der Waals surface area contributed by atoms with Crippen molar-refractivity contribution >= 4 is 52.5 Å². The number of aromatic nitrogens is 1. The lowest BCUT2D eigenvalue weighted by molar-refractivity contribution is -0.137. The number of hydrogen-bond acceptors (Lipinski definition) is 6. The first-order valence-corrected chi connectivity index (χ1v) is 12.8. The number of halogens is 2. The molecule has 9 heteroatoms. The molecule has 0 atom stereocenters. The molecule has 190 valence electrons. The van der Waals surface area contributed by atoms with Crippen LogP contribution in [-0.4, -0.2) is 42.6 Å². The number of pyridine rings is 1. The van der Waals surface area contributed by atoms with Gasteiger partial charge in [-0.15, -0.1) is 0 Å². The normalized spacial score (nSPS) is 15.0. The maximum absolute atomic E-state index is 13.7. The molecule has 1 aliphatic heterocycles. The molecule has 1 aromatic heterocycles. The monoisotopic (exact) mass is 537 g/mol. The van der Waals surface area contributed by atoms with Crippen LogP contribution in [0, 0.1) is 0 Å². The van der Waals surface area contributed by atoms with E-state index in [1.54, 1.807) is 36.2 Å². The summed E-state index contributed by atoms with van der Waals surface area (Å²) in [5, 5.41) is 0.596. The van der Waals surface area contributed by atoms with E-state index in [4.69, 9.17) is 32.7 Å². The quantitative estimate of drug-likeness (QED) is 0.257. The molecule has 0 N–H and O–H groups in total. The number of amides is 1. The highest BCUT2D eigenvalue weighted by molar-refractivity contribution is 6.35. The second-order valence-electron chi connectivity index (χ2n) is 8.73. The molecule has 0 radical (unpaired) electrons. The van der Waals surface area contributed by atoms with Gasteiger partial charge in [-0.2, -0.15) is 0 Å². The molecule has 1 fully saturated rings. The van der Waals surface area contributed by atoms with Gasteiger partial charge in [0, 0.05) is 43.7 Å². The van der Waals surface area contributed by atoms with E-state index in [0.717, 1.165) is 17.9 Å². The third-order valence-electron chi connectivity index (χ3n) is 6.25. The minimum absolute atomic E-state index is 0.206. The topological polar surface area (TPSA) is 72.0 Å². The second-order valence-corrected chi connectivity index (χ2v) is 9.55. The fraction of sp³-hybridized carbons (Fsp3) is 0.250. The van der Waals surface area contributed by atoms with Crippen LogP contribution in [0.4, 0.5) is 11.4 Å². The lowest BCUT2D eigenvalue weighted by Crippen LogP contribution is -2.45. The van der Waals surface area contributed by atoms with E-state index in [1.807, 2.05) is 18.2 Å². The van der Waals surface area contributed by atoms with Gasteiger partial charge < -0.3 is 19.3 Å². The van der Waals surface area contributed by atoms with Gasteiger partial charge in [0.1, 0.15) is 17.1 Å². The summed E-state index contributed by atoms with van der Waals surface area (Å²) >= 11 is 12.9. The Balaban J connectivity index is 1.40. The van der Waals surface area contributed by atoms with E-state index < -0.39 is 5.97 Å². The molecule has 2 heterocycles. The van der Waals surface area contributed by atoms with Gasteiger partial charge in [0.2, 0.25) is 0 Å². The van der Waals surface area contributed by atoms with Crippen molar-refractivity contribution < 1.29 is 19.1 Å². The van der Waals surface area contributed by atoms with Crippen LogP contribution in [0.2, 0.25) is 10.0 Å². The first-order chi connectivity index (χ1) is 18.0. The molecule has 1 saturated carbocycles. The summed E-state index contributed by atoms with van der Waals surface area (Å²) in [7, 11) is 0. The van der Waals surface area contributed by atoms with Gasteiger partial charge in [0.15, 0.2) is 0 Å². The molecule has 7 nitrogen and oxygen atoms in total. The van der Waals surface area contributed by atoms with E-state index in [2.05, 4.69) is 16.0 Å². The Bertz CT molecular complexity index is 1370. The van der Waals surface area contributed by atoms with Crippen LogP contribution in [0.3, 0.4) is 0 Å². The van der Waals surface area contributed by atoms with Crippen LogP contribution < -0.4 is 14.5 Å². The Hall–Kier alpha value is -3.55. The third-order valence-corrected chi connectivity index (χ3v) is 6.87. The molecule has 2 aliphatic rings. The number of fused-ring (bicyclic) bond motifs is 1. The van der Waals surface area contributed by atoms with Gasteiger partial charge in [0.25, 0.3) is 5.91 Å². The van der Waals surface area contributed by atoms with Crippen LogP contribution in [0.1, 0.15) is 35.7 Å². The number of nitrogens with zero attached hydrogens (tertiary/aromatic N) is 3. The highest BCUT2D eigenvalue weighted by Crippen LogP contribution is 2.41. The van der Waals surface area contributed by atoms with Crippen molar-refractivity contribution in [1.82, 2.24) is 4.98 Å². The Morgan fingerprint density at radius 2 is 1.84 bits per heavy atom. The van der Waals surface area contributed by atoms with Crippen molar-refractivity contribution in [3.63, 3.8) is 0 Å². The molecule has 0 bridgehead atoms. The van der Waals surface area contributed by atoms with Gasteiger partial charge in [-0.3, -0.25) is 9.78 Å². The summed E-state index contributed by atoms with van der Waals surface area (Å²) in [6.45, 7) is 3.34. The van der Waals surface area contributed by atoms with E-state index in [1.165, 1.54) is 31.2 Å². The molecule has 1 amide bonds. The van der Waals surface area contributed by atoms with Crippen molar-refractivity contribution in [2.45, 2.75) is 25.8 Å². The molecular weight excluding hydrogens is 513 g/mol. The summed E-state index contributed by atoms with van der Waals surface area (Å²) < 4.78 is 11.0. The van der Waals surface area contributed by atoms with E-state index in [9.17, 15) is 9.59 Å².